The number of hydrogen-bond acceptors (Lipinski definition) is 4. The molecule has 4 heteroatoms. The van der Waals surface area contributed by atoms with Crippen molar-refractivity contribution in [3.05, 3.63) is 54.1 Å². The summed E-state index contributed by atoms with van der Waals surface area (Å²) in [5.74, 6) is 0.429. The molecule has 0 unspecified atom stereocenters. The summed E-state index contributed by atoms with van der Waals surface area (Å²) in [5, 5.41) is 9.26. The first-order valence-electron chi connectivity index (χ1n) is 8.16. The highest BCUT2D eigenvalue weighted by atomic mass is 32.1. The number of carbonyl (C=O) groups is 1. The molecule has 0 saturated heterocycles. The third kappa shape index (κ3) is 3.98. The van der Waals surface area contributed by atoms with E-state index in [0.29, 0.717) is 16.6 Å². The van der Waals surface area contributed by atoms with Crippen LogP contribution in [0.5, 0.6) is 5.75 Å². The van der Waals surface area contributed by atoms with E-state index < -0.39 is 0 Å². The van der Waals surface area contributed by atoms with Crippen LogP contribution in [0, 0.1) is 17.2 Å². The van der Waals surface area contributed by atoms with Crippen molar-refractivity contribution in [1.82, 2.24) is 0 Å². The predicted octanol–water partition coefficient (Wildman–Crippen LogP) is 4.62. The lowest BCUT2D eigenvalue weighted by Gasteiger charge is -2.23. The highest BCUT2D eigenvalue weighted by molar-refractivity contribution is 7.80. The Morgan fingerprint density at radius 2 is 1.50 bits per heavy atom. The van der Waals surface area contributed by atoms with Gasteiger partial charge < -0.3 is 4.74 Å². The minimum atomic E-state index is -0.138. The number of esters is 1. The molecule has 0 spiro atoms. The fourth-order valence-electron chi connectivity index (χ4n) is 2.96. The molecule has 1 saturated carbocycles. The van der Waals surface area contributed by atoms with E-state index in [1.54, 1.807) is 12.1 Å². The van der Waals surface area contributed by atoms with Crippen LogP contribution < -0.4 is 4.74 Å². The second kappa shape index (κ2) is 7.55. The zero-order valence-corrected chi connectivity index (χ0v) is 14.2. The van der Waals surface area contributed by atoms with E-state index in [1.807, 2.05) is 36.4 Å². The highest BCUT2D eigenvalue weighted by Crippen LogP contribution is 2.29. The number of hydrogen-bond donors (Lipinski definition) is 1. The molecule has 1 aliphatic rings. The van der Waals surface area contributed by atoms with E-state index in [9.17, 15) is 4.79 Å². The van der Waals surface area contributed by atoms with Gasteiger partial charge in [-0.3, -0.25) is 4.79 Å². The molecular formula is C20H19NO2S. The van der Waals surface area contributed by atoms with Crippen molar-refractivity contribution in [3.63, 3.8) is 0 Å². The zero-order valence-electron chi connectivity index (χ0n) is 13.3. The molecule has 0 N–H and O–H groups in total. The number of thiol groups is 1. The third-order valence-corrected chi connectivity index (χ3v) is 4.97. The molecule has 3 rings (SSSR count). The minimum Gasteiger partial charge on any atom is -0.426 e. The molecule has 0 radical (unpaired) electrons. The molecule has 2 aromatic rings. The second-order valence-electron chi connectivity index (χ2n) is 6.14. The molecule has 1 aliphatic carbocycles. The minimum absolute atomic E-state index is 0.00778. The standard InChI is InChI=1S/C20H19NO2S/c21-13-14-1-3-15(4-2-14)16-5-9-18(10-6-16)23-20(22)17-7-11-19(24)12-8-17/h1-6,9-10,17,19,24H,7-8,11-12H2. The predicted molar refractivity (Wildman–Crippen MR) is 97.0 cm³/mol. The quantitative estimate of drug-likeness (QED) is 0.505. The van der Waals surface area contributed by atoms with Gasteiger partial charge in [0.1, 0.15) is 5.75 Å². The van der Waals surface area contributed by atoms with Crippen LogP contribution in [0.4, 0.5) is 0 Å². The van der Waals surface area contributed by atoms with Gasteiger partial charge >= 0.3 is 5.97 Å². The van der Waals surface area contributed by atoms with Gasteiger partial charge in [-0.05, 0) is 61.1 Å². The SMILES string of the molecule is N#Cc1ccc(-c2ccc(OC(=O)C3CCC(S)CC3)cc2)cc1. The second-order valence-corrected chi connectivity index (χ2v) is 6.87. The van der Waals surface area contributed by atoms with Crippen LogP contribution in [-0.2, 0) is 4.79 Å². The summed E-state index contributed by atoms with van der Waals surface area (Å²) >= 11 is 4.46. The lowest BCUT2D eigenvalue weighted by molar-refractivity contribution is -0.139. The van der Waals surface area contributed by atoms with Crippen molar-refractivity contribution >= 4 is 18.6 Å². The molecule has 0 amide bonds. The molecule has 2 aromatic carbocycles. The lowest BCUT2D eigenvalue weighted by Crippen LogP contribution is -2.25. The molecule has 0 heterocycles. The summed E-state index contributed by atoms with van der Waals surface area (Å²) < 4.78 is 5.51. The van der Waals surface area contributed by atoms with Gasteiger partial charge in [-0.1, -0.05) is 24.3 Å². The van der Waals surface area contributed by atoms with Crippen molar-refractivity contribution in [2.24, 2.45) is 5.92 Å². The first-order valence-corrected chi connectivity index (χ1v) is 8.67. The van der Waals surface area contributed by atoms with Crippen LogP contribution >= 0.6 is 12.6 Å². The Morgan fingerprint density at radius 1 is 0.958 bits per heavy atom. The van der Waals surface area contributed by atoms with Gasteiger partial charge in [-0.15, -0.1) is 0 Å². The largest absolute Gasteiger partial charge is 0.426 e. The summed E-state index contributed by atoms with van der Waals surface area (Å²) in [7, 11) is 0. The molecule has 1 fully saturated rings. The molecule has 122 valence electrons. The van der Waals surface area contributed by atoms with Gasteiger partial charge in [-0.2, -0.15) is 17.9 Å². The number of nitriles is 1. The van der Waals surface area contributed by atoms with Gasteiger partial charge in [0.15, 0.2) is 0 Å². The van der Waals surface area contributed by atoms with E-state index in [2.05, 4.69) is 18.7 Å². The Balaban J connectivity index is 1.64. The van der Waals surface area contributed by atoms with Gasteiger partial charge in [0.05, 0.1) is 17.6 Å². The maximum Gasteiger partial charge on any atom is 0.314 e. The molecule has 0 atom stereocenters. The maximum atomic E-state index is 12.2. The smallest absolute Gasteiger partial charge is 0.314 e. The Labute approximate surface area is 147 Å². The topological polar surface area (TPSA) is 50.1 Å². The van der Waals surface area contributed by atoms with Crippen LogP contribution in [0.3, 0.4) is 0 Å². The fraction of sp³-hybridized carbons (Fsp3) is 0.300. The first-order chi connectivity index (χ1) is 11.7. The fourth-order valence-corrected chi connectivity index (χ4v) is 3.26. The average molecular weight is 337 g/mol. The monoisotopic (exact) mass is 337 g/mol. The molecule has 0 bridgehead atoms. The molecule has 24 heavy (non-hydrogen) atoms. The van der Waals surface area contributed by atoms with Gasteiger partial charge in [0.25, 0.3) is 0 Å². The van der Waals surface area contributed by atoms with E-state index in [1.165, 1.54) is 0 Å². The summed E-state index contributed by atoms with van der Waals surface area (Å²) in [4.78, 5) is 12.2. The summed E-state index contributed by atoms with van der Waals surface area (Å²) in [6.45, 7) is 0. The van der Waals surface area contributed by atoms with E-state index >= 15 is 0 Å². The van der Waals surface area contributed by atoms with Crippen LogP contribution in [0.15, 0.2) is 48.5 Å². The zero-order chi connectivity index (χ0) is 16.9. The number of carbonyl (C=O) groups excluding carboxylic acids is 1. The molecule has 0 aliphatic heterocycles. The highest BCUT2D eigenvalue weighted by Gasteiger charge is 2.26. The van der Waals surface area contributed by atoms with Crippen molar-refractivity contribution < 1.29 is 9.53 Å². The summed E-state index contributed by atoms with van der Waals surface area (Å²) in [6, 6.07) is 17.0. The Kier molecular flexibility index (Phi) is 5.22. The number of ether oxygens (including phenoxy) is 1. The first kappa shape index (κ1) is 16.6. The molecular weight excluding hydrogens is 318 g/mol. The van der Waals surface area contributed by atoms with E-state index in [0.717, 1.165) is 36.8 Å². The number of rotatable bonds is 3. The normalized spacial score (nSPS) is 20.2. The van der Waals surface area contributed by atoms with Crippen molar-refractivity contribution in [2.45, 2.75) is 30.9 Å². The molecule has 0 aromatic heterocycles. The summed E-state index contributed by atoms with van der Waals surface area (Å²) in [6.07, 6.45) is 3.66. The van der Waals surface area contributed by atoms with Gasteiger partial charge in [0.2, 0.25) is 0 Å². The third-order valence-electron chi connectivity index (χ3n) is 4.45. The maximum absolute atomic E-state index is 12.2. The Hall–Kier alpha value is -2.25. The average Bonchev–Trinajstić information content (AvgIpc) is 2.63. The van der Waals surface area contributed by atoms with E-state index in [-0.39, 0.29) is 11.9 Å². The van der Waals surface area contributed by atoms with Crippen molar-refractivity contribution in [2.75, 3.05) is 0 Å². The Bertz CT molecular complexity index is 739. The van der Waals surface area contributed by atoms with Crippen molar-refractivity contribution in [3.8, 4) is 22.9 Å². The van der Waals surface area contributed by atoms with Crippen LogP contribution in [0.2, 0.25) is 0 Å². The van der Waals surface area contributed by atoms with Crippen molar-refractivity contribution in [1.29, 1.82) is 5.26 Å². The molecule has 3 nitrogen and oxygen atoms in total. The van der Waals surface area contributed by atoms with Crippen LogP contribution in [0.1, 0.15) is 31.2 Å². The van der Waals surface area contributed by atoms with Crippen LogP contribution in [0.25, 0.3) is 11.1 Å². The van der Waals surface area contributed by atoms with Crippen LogP contribution in [-0.4, -0.2) is 11.2 Å². The van der Waals surface area contributed by atoms with Gasteiger partial charge in [-0.25, -0.2) is 0 Å². The number of nitrogens with zero attached hydrogens (tertiary/aromatic N) is 1. The van der Waals surface area contributed by atoms with E-state index in [4.69, 9.17) is 10.00 Å². The number of benzene rings is 2. The van der Waals surface area contributed by atoms with Gasteiger partial charge in [0, 0.05) is 5.25 Å². The Morgan fingerprint density at radius 3 is 2.04 bits per heavy atom. The lowest BCUT2D eigenvalue weighted by atomic mass is 9.89. The summed E-state index contributed by atoms with van der Waals surface area (Å²) in [5.41, 5.74) is 2.69.